The van der Waals surface area contributed by atoms with Crippen LogP contribution in [-0.2, 0) is 6.54 Å². The standard InChI is InChI=1S/C17H22N4O2/c22-16-6-2-9-20(13-16)17(23)14-4-1-5-15(12-14)18-8-11-21-10-3-7-19-21/h1,3-5,7,10,12,16,18,22H,2,6,8-9,11,13H2/t16-/m1/s1. The summed E-state index contributed by atoms with van der Waals surface area (Å²) < 4.78 is 1.86. The first-order valence-electron chi connectivity index (χ1n) is 8.01. The predicted octanol–water partition coefficient (Wildman–Crippen LogP) is 1.59. The van der Waals surface area contributed by atoms with E-state index in [1.165, 1.54) is 0 Å². The molecular formula is C17H22N4O2. The summed E-state index contributed by atoms with van der Waals surface area (Å²) in [4.78, 5) is 14.3. The molecule has 1 aliphatic rings. The van der Waals surface area contributed by atoms with E-state index in [2.05, 4.69) is 10.4 Å². The van der Waals surface area contributed by atoms with Gasteiger partial charge in [-0.15, -0.1) is 0 Å². The van der Waals surface area contributed by atoms with Crippen molar-refractivity contribution in [3.05, 3.63) is 48.3 Å². The molecule has 2 N–H and O–H groups in total. The van der Waals surface area contributed by atoms with Crippen molar-refractivity contribution in [1.29, 1.82) is 0 Å². The number of anilines is 1. The summed E-state index contributed by atoms with van der Waals surface area (Å²) >= 11 is 0. The summed E-state index contributed by atoms with van der Waals surface area (Å²) in [6, 6.07) is 9.41. The van der Waals surface area contributed by atoms with Gasteiger partial charge >= 0.3 is 0 Å². The minimum Gasteiger partial charge on any atom is -0.391 e. The first-order valence-corrected chi connectivity index (χ1v) is 8.01. The molecule has 2 aromatic rings. The van der Waals surface area contributed by atoms with Gasteiger partial charge in [-0.25, -0.2) is 0 Å². The number of amides is 1. The van der Waals surface area contributed by atoms with E-state index in [0.29, 0.717) is 18.7 Å². The number of aliphatic hydroxyl groups excluding tert-OH is 1. The molecule has 1 atom stereocenters. The van der Waals surface area contributed by atoms with Crippen LogP contribution in [0.15, 0.2) is 42.7 Å². The summed E-state index contributed by atoms with van der Waals surface area (Å²) in [7, 11) is 0. The molecule has 6 heteroatoms. The molecule has 0 bridgehead atoms. The predicted molar refractivity (Wildman–Crippen MR) is 88.3 cm³/mol. The number of nitrogens with zero attached hydrogens (tertiary/aromatic N) is 3. The molecule has 6 nitrogen and oxygen atoms in total. The molecule has 1 aliphatic heterocycles. The number of nitrogens with one attached hydrogen (secondary N) is 1. The van der Waals surface area contributed by atoms with Crippen molar-refractivity contribution >= 4 is 11.6 Å². The average molecular weight is 314 g/mol. The van der Waals surface area contributed by atoms with Crippen LogP contribution in [0.4, 0.5) is 5.69 Å². The van der Waals surface area contributed by atoms with Gasteiger partial charge in [-0.1, -0.05) is 6.07 Å². The first kappa shape index (κ1) is 15.6. The molecule has 0 aliphatic carbocycles. The van der Waals surface area contributed by atoms with Crippen LogP contribution < -0.4 is 5.32 Å². The van der Waals surface area contributed by atoms with E-state index in [1.54, 1.807) is 11.1 Å². The van der Waals surface area contributed by atoms with E-state index in [1.807, 2.05) is 41.2 Å². The largest absolute Gasteiger partial charge is 0.391 e. The van der Waals surface area contributed by atoms with Gasteiger partial charge in [0.25, 0.3) is 5.91 Å². The second kappa shape index (κ2) is 7.28. The van der Waals surface area contributed by atoms with Gasteiger partial charge in [0, 0.05) is 43.3 Å². The Morgan fingerprint density at radius 1 is 1.39 bits per heavy atom. The molecule has 1 aromatic carbocycles. The SMILES string of the molecule is O=C(c1cccc(NCCn2cccn2)c1)N1CCC[C@@H](O)C1. The van der Waals surface area contributed by atoms with Gasteiger partial charge in [0.05, 0.1) is 12.6 Å². The summed E-state index contributed by atoms with van der Waals surface area (Å²) in [6.07, 6.45) is 4.91. The van der Waals surface area contributed by atoms with E-state index in [9.17, 15) is 9.90 Å². The van der Waals surface area contributed by atoms with Crippen molar-refractivity contribution in [2.24, 2.45) is 0 Å². The molecular weight excluding hydrogens is 292 g/mol. The van der Waals surface area contributed by atoms with E-state index in [-0.39, 0.29) is 5.91 Å². The molecule has 0 saturated carbocycles. The number of likely N-dealkylation sites (tertiary alicyclic amines) is 1. The molecule has 122 valence electrons. The third-order valence-electron chi connectivity index (χ3n) is 4.02. The fraction of sp³-hybridized carbons (Fsp3) is 0.412. The summed E-state index contributed by atoms with van der Waals surface area (Å²) in [5.41, 5.74) is 1.57. The number of rotatable bonds is 5. The number of carbonyl (C=O) groups excluding carboxylic acids is 1. The molecule has 1 amide bonds. The molecule has 1 fully saturated rings. The lowest BCUT2D eigenvalue weighted by molar-refractivity contribution is 0.0474. The number of carbonyl (C=O) groups is 1. The van der Waals surface area contributed by atoms with Crippen LogP contribution in [0.25, 0.3) is 0 Å². The van der Waals surface area contributed by atoms with Gasteiger partial charge < -0.3 is 15.3 Å². The molecule has 2 heterocycles. The van der Waals surface area contributed by atoms with Crippen LogP contribution in [0.5, 0.6) is 0 Å². The van der Waals surface area contributed by atoms with Crippen LogP contribution in [0.1, 0.15) is 23.2 Å². The lowest BCUT2D eigenvalue weighted by atomic mass is 10.1. The molecule has 0 radical (unpaired) electrons. The van der Waals surface area contributed by atoms with Gasteiger partial charge in [0.2, 0.25) is 0 Å². The fourth-order valence-corrected chi connectivity index (χ4v) is 2.83. The number of aliphatic hydroxyl groups is 1. The first-order chi connectivity index (χ1) is 11.2. The van der Waals surface area contributed by atoms with Crippen LogP contribution in [0.3, 0.4) is 0 Å². The topological polar surface area (TPSA) is 70.4 Å². The second-order valence-electron chi connectivity index (χ2n) is 5.82. The van der Waals surface area contributed by atoms with Crippen LogP contribution in [0.2, 0.25) is 0 Å². The lowest BCUT2D eigenvalue weighted by Crippen LogP contribution is -2.42. The van der Waals surface area contributed by atoms with Crippen molar-refractivity contribution in [3.8, 4) is 0 Å². The van der Waals surface area contributed by atoms with E-state index >= 15 is 0 Å². The Morgan fingerprint density at radius 3 is 3.09 bits per heavy atom. The Kier molecular flexibility index (Phi) is 4.92. The Hall–Kier alpha value is -2.34. The van der Waals surface area contributed by atoms with Crippen molar-refractivity contribution in [3.63, 3.8) is 0 Å². The number of β-amino-alcohol motifs (C(OH)–C–C–N with tert-alkyl or cyclic N) is 1. The number of benzene rings is 1. The maximum Gasteiger partial charge on any atom is 0.254 e. The highest BCUT2D eigenvalue weighted by Gasteiger charge is 2.23. The van der Waals surface area contributed by atoms with Crippen LogP contribution in [-0.4, -0.2) is 51.4 Å². The zero-order valence-electron chi connectivity index (χ0n) is 13.1. The van der Waals surface area contributed by atoms with Crippen molar-refractivity contribution in [2.45, 2.75) is 25.5 Å². The fourth-order valence-electron chi connectivity index (χ4n) is 2.83. The zero-order chi connectivity index (χ0) is 16.1. The minimum atomic E-state index is -0.400. The maximum atomic E-state index is 12.5. The van der Waals surface area contributed by atoms with Gasteiger partial charge in [0.15, 0.2) is 0 Å². The Morgan fingerprint density at radius 2 is 2.30 bits per heavy atom. The summed E-state index contributed by atoms with van der Waals surface area (Å²) in [6.45, 7) is 2.65. The van der Waals surface area contributed by atoms with Gasteiger partial charge in [-0.2, -0.15) is 5.10 Å². The van der Waals surface area contributed by atoms with Crippen molar-refractivity contribution < 1.29 is 9.90 Å². The van der Waals surface area contributed by atoms with Crippen molar-refractivity contribution in [2.75, 3.05) is 25.0 Å². The molecule has 3 rings (SSSR count). The van der Waals surface area contributed by atoms with Crippen molar-refractivity contribution in [1.82, 2.24) is 14.7 Å². The quantitative estimate of drug-likeness (QED) is 0.879. The second-order valence-corrected chi connectivity index (χ2v) is 5.82. The van der Waals surface area contributed by atoms with Crippen LogP contribution in [0, 0.1) is 0 Å². The highest BCUT2D eigenvalue weighted by atomic mass is 16.3. The highest BCUT2D eigenvalue weighted by molar-refractivity contribution is 5.95. The lowest BCUT2D eigenvalue weighted by Gasteiger charge is -2.30. The molecule has 23 heavy (non-hydrogen) atoms. The number of hydrogen-bond donors (Lipinski definition) is 2. The zero-order valence-corrected chi connectivity index (χ0v) is 13.1. The summed E-state index contributed by atoms with van der Waals surface area (Å²) in [5.74, 6) is -0.0144. The molecule has 0 spiro atoms. The average Bonchev–Trinajstić information content (AvgIpc) is 3.08. The third-order valence-corrected chi connectivity index (χ3v) is 4.02. The smallest absolute Gasteiger partial charge is 0.254 e. The monoisotopic (exact) mass is 314 g/mol. The Bertz CT molecular complexity index is 642. The van der Waals surface area contributed by atoms with E-state index in [4.69, 9.17) is 0 Å². The highest BCUT2D eigenvalue weighted by Crippen LogP contribution is 2.16. The molecule has 1 saturated heterocycles. The maximum absolute atomic E-state index is 12.5. The van der Waals surface area contributed by atoms with Gasteiger partial charge in [0.1, 0.15) is 0 Å². The number of hydrogen-bond acceptors (Lipinski definition) is 4. The van der Waals surface area contributed by atoms with E-state index in [0.717, 1.165) is 31.6 Å². The normalized spacial score (nSPS) is 18.0. The molecule has 1 aromatic heterocycles. The Labute approximate surface area is 135 Å². The minimum absolute atomic E-state index is 0.0144. The number of piperidine rings is 1. The molecule has 0 unspecified atom stereocenters. The van der Waals surface area contributed by atoms with Gasteiger partial charge in [-0.3, -0.25) is 9.48 Å². The summed E-state index contributed by atoms with van der Waals surface area (Å²) in [5, 5.41) is 17.2. The van der Waals surface area contributed by atoms with Crippen LogP contribution >= 0.6 is 0 Å². The van der Waals surface area contributed by atoms with E-state index < -0.39 is 6.10 Å². The number of aromatic nitrogens is 2. The Balaban J connectivity index is 1.59. The third kappa shape index (κ3) is 4.10. The van der Waals surface area contributed by atoms with Gasteiger partial charge in [-0.05, 0) is 37.1 Å².